The molecule has 0 aromatic heterocycles. The second-order valence-corrected chi connectivity index (χ2v) is 7.88. The van der Waals surface area contributed by atoms with Crippen molar-refractivity contribution in [1.29, 1.82) is 0 Å². The van der Waals surface area contributed by atoms with Crippen molar-refractivity contribution in [2.75, 3.05) is 27.9 Å². The minimum absolute atomic E-state index is 0.0663. The second kappa shape index (κ2) is 12.0. The van der Waals surface area contributed by atoms with Crippen LogP contribution in [-0.4, -0.2) is 50.6 Å². The number of ether oxygens (including phenoxy) is 3. The first kappa shape index (κ1) is 25.0. The van der Waals surface area contributed by atoms with Gasteiger partial charge >= 0.3 is 0 Å². The predicted molar refractivity (Wildman–Crippen MR) is 124 cm³/mol. The van der Waals surface area contributed by atoms with Crippen LogP contribution >= 0.6 is 0 Å². The van der Waals surface area contributed by atoms with E-state index in [1.54, 1.807) is 33.2 Å². The van der Waals surface area contributed by atoms with Crippen LogP contribution in [-0.2, 0) is 22.6 Å². The molecule has 2 amide bonds. The average Bonchev–Trinajstić information content (AvgIpc) is 2.81. The van der Waals surface area contributed by atoms with Gasteiger partial charge in [0, 0.05) is 19.0 Å². The van der Waals surface area contributed by atoms with Crippen LogP contribution in [0.15, 0.2) is 42.5 Å². The highest BCUT2D eigenvalue weighted by Gasteiger charge is 2.27. The van der Waals surface area contributed by atoms with Crippen molar-refractivity contribution < 1.29 is 23.8 Å². The lowest BCUT2D eigenvalue weighted by atomic mass is 10.1. The summed E-state index contributed by atoms with van der Waals surface area (Å²) in [5.74, 6) is 1.59. The maximum absolute atomic E-state index is 12.8. The second-order valence-electron chi connectivity index (χ2n) is 7.88. The zero-order valence-corrected chi connectivity index (χ0v) is 19.8. The number of benzene rings is 2. The Labute approximate surface area is 190 Å². The summed E-state index contributed by atoms with van der Waals surface area (Å²) in [7, 11) is 4.79. The third-order valence-electron chi connectivity index (χ3n) is 5.30. The number of hydrogen-bond acceptors (Lipinski definition) is 5. The standard InChI is InChI=1S/C25H34N2O5/c1-17(2)25(29)27(16-20-7-10-21(30-4)11-8-20)18(3)24(28)26-14-13-19-9-12-22(31-5)23(15-19)32-6/h7-12,15,17-18H,13-14,16H2,1-6H3,(H,26,28)/t18-/m1/s1. The number of hydrogen-bond donors (Lipinski definition) is 1. The molecule has 0 spiro atoms. The van der Waals surface area contributed by atoms with E-state index >= 15 is 0 Å². The van der Waals surface area contributed by atoms with Crippen LogP contribution in [0.3, 0.4) is 0 Å². The van der Waals surface area contributed by atoms with E-state index < -0.39 is 6.04 Å². The van der Waals surface area contributed by atoms with Crippen LogP contribution in [0.5, 0.6) is 17.2 Å². The van der Waals surface area contributed by atoms with Crippen LogP contribution < -0.4 is 19.5 Å². The minimum atomic E-state index is -0.600. The fraction of sp³-hybridized carbons (Fsp3) is 0.440. The normalized spacial score (nSPS) is 11.6. The van der Waals surface area contributed by atoms with Crippen molar-refractivity contribution >= 4 is 11.8 Å². The fourth-order valence-corrected chi connectivity index (χ4v) is 3.32. The Kier molecular flexibility index (Phi) is 9.38. The summed E-state index contributed by atoms with van der Waals surface area (Å²) in [6, 6.07) is 12.6. The van der Waals surface area contributed by atoms with E-state index in [0.29, 0.717) is 31.0 Å². The van der Waals surface area contributed by atoms with Crippen molar-refractivity contribution in [3.8, 4) is 17.2 Å². The maximum Gasteiger partial charge on any atom is 0.242 e. The van der Waals surface area contributed by atoms with Crippen molar-refractivity contribution in [3.05, 3.63) is 53.6 Å². The zero-order valence-electron chi connectivity index (χ0n) is 19.8. The molecule has 0 aliphatic carbocycles. The van der Waals surface area contributed by atoms with Crippen molar-refractivity contribution in [2.24, 2.45) is 5.92 Å². The van der Waals surface area contributed by atoms with Gasteiger partial charge in [0.05, 0.1) is 21.3 Å². The maximum atomic E-state index is 12.8. The van der Waals surface area contributed by atoms with Gasteiger partial charge in [-0.1, -0.05) is 32.0 Å². The lowest BCUT2D eigenvalue weighted by Crippen LogP contribution is -2.49. The van der Waals surface area contributed by atoms with Gasteiger partial charge in [-0.15, -0.1) is 0 Å². The highest BCUT2D eigenvalue weighted by Crippen LogP contribution is 2.27. The van der Waals surface area contributed by atoms with Gasteiger partial charge in [0.1, 0.15) is 11.8 Å². The van der Waals surface area contributed by atoms with E-state index in [4.69, 9.17) is 14.2 Å². The number of carbonyl (C=O) groups is 2. The van der Waals surface area contributed by atoms with E-state index in [-0.39, 0.29) is 17.7 Å². The Morgan fingerprint density at radius 2 is 1.50 bits per heavy atom. The Balaban J connectivity index is 2.02. The monoisotopic (exact) mass is 442 g/mol. The summed E-state index contributed by atoms with van der Waals surface area (Å²) in [6.45, 7) is 6.24. The highest BCUT2D eigenvalue weighted by atomic mass is 16.5. The van der Waals surface area contributed by atoms with Gasteiger partial charge in [-0.3, -0.25) is 9.59 Å². The van der Waals surface area contributed by atoms with Crippen LogP contribution in [0.2, 0.25) is 0 Å². The first-order valence-corrected chi connectivity index (χ1v) is 10.7. The number of nitrogens with zero attached hydrogens (tertiary/aromatic N) is 1. The van der Waals surface area contributed by atoms with Gasteiger partial charge in [-0.05, 0) is 48.7 Å². The summed E-state index contributed by atoms with van der Waals surface area (Å²) >= 11 is 0. The molecule has 0 saturated heterocycles. The molecule has 0 radical (unpaired) electrons. The third-order valence-corrected chi connectivity index (χ3v) is 5.30. The van der Waals surface area contributed by atoms with Crippen LogP contribution in [0.25, 0.3) is 0 Å². The van der Waals surface area contributed by atoms with Gasteiger partial charge in [-0.25, -0.2) is 0 Å². The quantitative estimate of drug-likeness (QED) is 0.577. The molecular weight excluding hydrogens is 408 g/mol. The SMILES string of the molecule is COc1ccc(CN(C(=O)C(C)C)[C@H](C)C(=O)NCCc2ccc(OC)c(OC)c2)cc1. The summed E-state index contributed by atoms with van der Waals surface area (Å²) in [5.41, 5.74) is 1.95. The Morgan fingerprint density at radius 3 is 2.06 bits per heavy atom. The molecule has 0 aliphatic heterocycles. The minimum Gasteiger partial charge on any atom is -0.497 e. The van der Waals surface area contributed by atoms with Gasteiger partial charge in [0.15, 0.2) is 11.5 Å². The Bertz CT molecular complexity index is 896. The smallest absolute Gasteiger partial charge is 0.242 e. The summed E-state index contributed by atoms with van der Waals surface area (Å²) < 4.78 is 15.8. The Morgan fingerprint density at radius 1 is 0.875 bits per heavy atom. The molecule has 2 aromatic rings. The molecule has 7 heteroatoms. The predicted octanol–water partition coefficient (Wildman–Crippen LogP) is 3.44. The lowest BCUT2D eigenvalue weighted by Gasteiger charge is -2.30. The summed E-state index contributed by atoms with van der Waals surface area (Å²) in [6.07, 6.45) is 0.634. The largest absolute Gasteiger partial charge is 0.497 e. The number of carbonyl (C=O) groups excluding carboxylic acids is 2. The number of methoxy groups -OCH3 is 3. The molecule has 2 aromatic carbocycles. The van der Waals surface area contributed by atoms with Crippen molar-refractivity contribution in [3.63, 3.8) is 0 Å². The molecule has 7 nitrogen and oxygen atoms in total. The molecule has 32 heavy (non-hydrogen) atoms. The van der Waals surface area contributed by atoms with E-state index in [9.17, 15) is 9.59 Å². The molecule has 0 saturated carbocycles. The molecule has 0 heterocycles. The van der Waals surface area contributed by atoms with Crippen LogP contribution in [0.4, 0.5) is 0 Å². The van der Waals surface area contributed by atoms with E-state index in [1.165, 1.54) is 0 Å². The molecular formula is C25H34N2O5. The summed E-state index contributed by atoms with van der Waals surface area (Å²) in [5, 5.41) is 2.95. The lowest BCUT2D eigenvalue weighted by molar-refractivity contribution is -0.143. The zero-order chi connectivity index (χ0) is 23.7. The van der Waals surface area contributed by atoms with Crippen molar-refractivity contribution in [1.82, 2.24) is 10.2 Å². The molecule has 174 valence electrons. The van der Waals surface area contributed by atoms with E-state index in [1.807, 2.05) is 56.3 Å². The van der Waals surface area contributed by atoms with Gasteiger partial charge < -0.3 is 24.4 Å². The fourth-order valence-electron chi connectivity index (χ4n) is 3.32. The van der Waals surface area contributed by atoms with E-state index in [0.717, 1.165) is 16.9 Å². The van der Waals surface area contributed by atoms with Gasteiger partial charge in [0.25, 0.3) is 0 Å². The Hall–Kier alpha value is -3.22. The first-order chi connectivity index (χ1) is 15.3. The summed E-state index contributed by atoms with van der Waals surface area (Å²) in [4.78, 5) is 27.3. The first-order valence-electron chi connectivity index (χ1n) is 10.7. The average molecular weight is 443 g/mol. The van der Waals surface area contributed by atoms with Crippen LogP contribution in [0, 0.1) is 5.92 Å². The molecule has 0 fully saturated rings. The van der Waals surface area contributed by atoms with E-state index in [2.05, 4.69) is 5.32 Å². The third kappa shape index (κ3) is 6.64. The molecule has 2 rings (SSSR count). The molecule has 0 unspecified atom stereocenters. The number of nitrogens with one attached hydrogen (secondary N) is 1. The van der Waals surface area contributed by atoms with Gasteiger partial charge in [-0.2, -0.15) is 0 Å². The number of amides is 2. The highest BCUT2D eigenvalue weighted by molar-refractivity contribution is 5.88. The molecule has 1 atom stereocenters. The molecule has 0 aliphatic rings. The van der Waals surface area contributed by atoms with Crippen LogP contribution in [0.1, 0.15) is 31.9 Å². The molecule has 0 bridgehead atoms. The van der Waals surface area contributed by atoms with Crippen molar-refractivity contribution in [2.45, 2.75) is 39.8 Å². The van der Waals surface area contributed by atoms with Gasteiger partial charge in [0.2, 0.25) is 11.8 Å². The number of rotatable bonds is 11. The molecule has 1 N–H and O–H groups in total. The topological polar surface area (TPSA) is 77.1 Å².